The van der Waals surface area contributed by atoms with Crippen LogP contribution in [0.2, 0.25) is 0 Å². The van der Waals surface area contributed by atoms with Crippen molar-refractivity contribution in [3.63, 3.8) is 0 Å². The highest BCUT2D eigenvalue weighted by Crippen LogP contribution is 2.27. The molecule has 0 fully saturated rings. The number of rotatable bonds is 6. The second kappa shape index (κ2) is 7.86. The molecule has 3 aromatic rings. The van der Waals surface area contributed by atoms with Crippen LogP contribution in [0, 0.1) is 5.92 Å². The summed E-state index contributed by atoms with van der Waals surface area (Å²) in [7, 11) is 1.59. The maximum absolute atomic E-state index is 12.4. The van der Waals surface area contributed by atoms with Crippen molar-refractivity contribution in [2.45, 2.75) is 26.9 Å². The van der Waals surface area contributed by atoms with Gasteiger partial charge in [0.25, 0.3) is 0 Å². The molecule has 0 aliphatic carbocycles. The Bertz CT molecular complexity index is 904. The van der Waals surface area contributed by atoms with Gasteiger partial charge in [0.2, 0.25) is 0 Å². The number of fused-ring (bicyclic) bond motifs is 1. The van der Waals surface area contributed by atoms with Gasteiger partial charge >= 0.3 is 6.03 Å². The Labute approximate surface area is 152 Å². The fraction of sp³-hybridized carbons (Fsp3) is 0.316. The minimum absolute atomic E-state index is 0.303. The van der Waals surface area contributed by atoms with Gasteiger partial charge < -0.3 is 19.9 Å². The fourth-order valence-electron chi connectivity index (χ4n) is 2.77. The van der Waals surface area contributed by atoms with Crippen LogP contribution in [-0.2, 0) is 13.1 Å². The predicted molar refractivity (Wildman–Crippen MR) is 101 cm³/mol. The van der Waals surface area contributed by atoms with Crippen LogP contribution < -0.4 is 15.4 Å². The first kappa shape index (κ1) is 17.7. The average Bonchev–Trinajstić information content (AvgIpc) is 3.06. The number of methoxy groups -OCH3 is 1. The van der Waals surface area contributed by atoms with Gasteiger partial charge in [0, 0.05) is 30.4 Å². The molecule has 0 aliphatic rings. The number of benzene rings is 1. The molecule has 0 saturated heterocycles. The Hall–Kier alpha value is -3.09. The molecule has 2 amide bonds. The van der Waals surface area contributed by atoms with Crippen LogP contribution in [0.3, 0.4) is 0 Å². The van der Waals surface area contributed by atoms with Crippen molar-refractivity contribution >= 4 is 22.6 Å². The minimum atomic E-state index is -0.303. The first-order valence-corrected chi connectivity index (χ1v) is 8.53. The molecule has 2 aromatic heterocycles. The highest BCUT2D eigenvalue weighted by atomic mass is 16.5. The maximum Gasteiger partial charge on any atom is 0.319 e. The third-order valence-corrected chi connectivity index (χ3v) is 3.95. The summed E-state index contributed by atoms with van der Waals surface area (Å²) in [6, 6.07) is 7.12. The van der Waals surface area contributed by atoms with Crippen molar-refractivity contribution in [1.82, 2.24) is 19.9 Å². The van der Waals surface area contributed by atoms with E-state index in [9.17, 15) is 4.79 Å². The molecule has 26 heavy (non-hydrogen) atoms. The molecule has 136 valence electrons. The molecule has 0 spiro atoms. The lowest BCUT2D eigenvalue weighted by atomic mass is 10.2. The Morgan fingerprint density at radius 2 is 2.19 bits per heavy atom. The molecule has 0 unspecified atom stereocenters. The zero-order chi connectivity index (χ0) is 18.5. The zero-order valence-electron chi connectivity index (χ0n) is 15.2. The molecule has 2 N–H and O–H groups in total. The van der Waals surface area contributed by atoms with E-state index in [1.807, 2.05) is 22.8 Å². The molecule has 3 rings (SSSR count). The molecule has 1 aromatic carbocycles. The third kappa shape index (κ3) is 4.11. The second-order valence-electron chi connectivity index (χ2n) is 6.49. The Morgan fingerprint density at radius 3 is 2.96 bits per heavy atom. The van der Waals surface area contributed by atoms with E-state index in [0.29, 0.717) is 29.4 Å². The molecule has 7 nitrogen and oxygen atoms in total. The lowest BCUT2D eigenvalue weighted by Gasteiger charge is -2.13. The van der Waals surface area contributed by atoms with Crippen LogP contribution in [-0.4, -0.2) is 27.7 Å². The lowest BCUT2D eigenvalue weighted by molar-refractivity contribution is 0.251. The molecule has 2 heterocycles. The summed E-state index contributed by atoms with van der Waals surface area (Å²) in [6.07, 6.45) is 5.25. The monoisotopic (exact) mass is 353 g/mol. The number of imidazole rings is 1. The Kier molecular flexibility index (Phi) is 5.36. The number of anilines is 1. The summed E-state index contributed by atoms with van der Waals surface area (Å²) in [5.74, 6) is 1.17. The van der Waals surface area contributed by atoms with Crippen LogP contribution in [0.15, 0.2) is 43.0 Å². The highest BCUT2D eigenvalue weighted by molar-refractivity contribution is 6.00. The highest BCUT2D eigenvalue weighted by Gasteiger charge is 2.10. The number of ether oxygens (including phenoxy) is 1. The van der Waals surface area contributed by atoms with Crippen molar-refractivity contribution in [3.05, 3.63) is 48.7 Å². The van der Waals surface area contributed by atoms with Crippen molar-refractivity contribution < 1.29 is 9.53 Å². The van der Waals surface area contributed by atoms with Crippen LogP contribution in [0.5, 0.6) is 5.75 Å². The van der Waals surface area contributed by atoms with E-state index >= 15 is 0 Å². The van der Waals surface area contributed by atoms with Crippen molar-refractivity contribution in [1.29, 1.82) is 0 Å². The SMILES string of the molecule is COc1cc(NC(=O)NCc2cncn2CC(C)C)c2ncccc2c1. The molecule has 0 aliphatic heterocycles. The van der Waals surface area contributed by atoms with Crippen LogP contribution in [0.4, 0.5) is 10.5 Å². The summed E-state index contributed by atoms with van der Waals surface area (Å²) in [5.41, 5.74) is 2.28. The van der Waals surface area contributed by atoms with Gasteiger partial charge in [-0.15, -0.1) is 0 Å². The van der Waals surface area contributed by atoms with E-state index in [-0.39, 0.29) is 6.03 Å². The first-order chi connectivity index (χ1) is 12.6. The standard InChI is InChI=1S/C19H23N5O2/c1-13(2)11-24-12-20-9-15(24)10-22-19(25)23-17-8-16(26-3)7-14-5-4-6-21-18(14)17/h4-9,12-13H,10-11H2,1-3H3,(H2,22,23,25). The number of nitrogens with one attached hydrogen (secondary N) is 2. The van der Waals surface area contributed by atoms with Gasteiger partial charge in [-0.25, -0.2) is 9.78 Å². The zero-order valence-corrected chi connectivity index (χ0v) is 15.2. The van der Waals surface area contributed by atoms with Crippen LogP contribution in [0.1, 0.15) is 19.5 Å². The van der Waals surface area contributed by atoms with E-state index in [0.717, 1.165) is 17.6 Å². The van der Waals surface area contributed by atoms with Gasteiger partial charge in [0.15, 0.2) is 0 Å². The van der Waals surface area contributed by atoms with Gasteiger partial charge in [-0.05, 0) is 18.1 Å². The number of pyridine rings is 1. The number of amides is 2. The number of nitrogens with zero attached hydrogens (tertiary/aromatic N) is 3. The van der Waals surface area contributed by atoms with Gasteiger partial charge in [0.1, 0.15) is 5.75 Å². The summed E-state index contributed by atoms with van der Waals surface area (Å²) in [4.78, 5) is 20.9. The summed E-state index contributed by atoms with van der Waals surface area (Å²) >= 11 is 0. The molecular formula is C19H23N5O2. The normalized spacial score (nSPS) is 10.9. The molecule has 0 saturated carbocycles. The number of urea groups is 1. The van der Waals surface area contributed by atoms with Gasteiger partial charge in [-0.2, -0.15) is 0 Å². The summed E-state index contributed by atoms with van der Waals surface area (Å²) in [5, 5.41) is 6.63. The topological polar surface area (TPSA) is 81.1 Å². The Balaban J connectivity index is 1.71. The lowest BCUT2D eigenvalue weighted by Crippen LogP contribution is -2.29. The maximum atomic E-state index is 12.4. The quantitative estimate of drug-likeness (QED) is 0.711. The van der Waals surface area contributed by atoms with E-state index in [2.05, 4.69) is 34.4 Å². The number of carbonyl (C=O) groups excluding carboxylic acids is 1. The van der Waals surface area contributed by atoms with Crippen molar-refractivity contribution in [2.24, 2.45) is 5.92 Å². The first-order valence-electron chi connectivity index (χ1n) is 8.53. The third-order valence-electron chi connectivity index (χ3n) is 3.95. The molecule has 0 atom stereocenters. The van der Waals surface area contributed by atoms with Gasteiger partial charge in [0.05, 0.1) is 36.9 Å². The van der Waals surface area contributed by atoms with E-state index in [4.69, 9.17) is 4.74 Å². The van der Waals surface area contributed by atoms with Gasteiger partial charge in [-0.3, -0.25) is 4.98 Å². The number of aromatic nitrogens is 3. The summed E-state index contributed by atoms with van der Waals surface area (Å²) in [6.45, 7) is 5.55. The van der Waals surface area contributed by atoms with Crippen LogP contribution in [0.25, 0.3) is 10.9 Å². The van der Waals surface area contributed by atoms with E-state index in [1.165, 1.54) is 0 Å². The molecular weight excluding hydrogens is 330 g/mol. The number of hydrogen-bond donors (Lipinski definition) is 2. The largest absolute Gasteiger partial charge is 0.497 e. The van der Waals surface area contributed by atoms with Gasteiger partial charge in [-0.1, -0.05) is 19.9 Å². The smallest absolute Gasteiger partial charge is 0.319 e. The minimum Gasteiger partial charge on any atom is -0.497 e. The molecule has 0 bridgehead atoms. The molecule has 7 heteroatoms. The van der Waals surface area contributed by atoms with Crippen molar-refractivity contribution in [2.75, 3.05) is 12.4 Å². The van der Waals surface area contributed by atoms with E-state index < -0.39 is 0 Å². The Morgan fingerprint density at radius 1 is 1.35 bits per heavy atom. The second-order valence-corrected chi connectivity index (χ2v) is 6.49. The predicted octanol–water partition coefficient (Wildman–Crippen LogP) is 3.42. The van der Waals surface area contributed by atoms with Crippen LogP contribution >= 0.6 is 0 Å². The molecule has 0 radical (unpaired) electrons. The number of hydrogen-bond acceptors (Lipinski definition) is 4. The average molecular weight is 353 g/mol. The summed E-state index contributed by atoms with van der Waals surface area (Å²) < 4.78 is 7.35. The van der Waals surface area contributed by atoms with Crippen molar-refractivity contribution in [3.8, 4) is 5.75 Å². The van der Waals surface area contributed by atoms with E-state index in [1.54, 1.807) is 31.9 Å². The fourth-order valence-corrected chi connectivity index (χ4v) is 2.77. The number of carbonyl (C=O) groups is 1.